The third-order valence-corrected chi connectivity index (χ3v) is 2.61. The molecule has 6 heteroatoms. The van der Waals surface area contributed by atoms with Gasteiger partial charge in [0.05, 0.1) is 18.1 Å². The molecule has 17 heavy (non-hydrogen) atoms. The lowest BCUT2D eigenvalue weighted by atomic mass is 10.3. The van der Waals surface area contributed by atoms with Crippen molar-refractivity contribution in [2.75, 3.05) is 0 Å². The molecule has 0 N–H and O–H groups in total. The van der Waals surface area contributed by atoms with Gasteiger partial charge in [-0.05, 0) is 29.3 Å². The van der Waals surface area contributed by atoms with Gasteiger partial charge in [0.1, 0.15) is 0 Å². The highest BCUT2D eigenvalue weighted by Gasteiger charge is 2.05. The molecule has 3 heterocycles. The van der Waals surface area contributed by atoms with Crippen LogP contribution in [0.15, 0.2) is 36.9 Å². The Kier molecular flexibility index (Phi) is 2.45. The third-order valence-electron chi connectivity index (χ3n) is 2.43. The van der Waals surface area contributed by atoms with Gasteiger partial charge in [-0.3, -0.25) is 4.98 Å². The minimum absolute atomic E-state index is 0.231. The van der Waals surface area contributed by atoms with E-state index in [1.165, 1.54) is 0 Å². The average molecular weight is 246 g/mol. The zero-order valence-electron chi connectivity index (χ0n) is 8.79. The van der Waals surface area contributed by atoms with Gasteiger partial charge in [-0.2, -0.15) is 10.1 Å². The SMILES string of the molecule is Clc1ncc2cnn(Cc3ccncc3)c2n1. The van der Waals surface area contributed by atoms with E-state index in [4.69, 9.17) is 11.6 Å². The van der Waals surface area contributed by atoms with Gasteiger partial charge in [-0.1, -0.05) is 0 Å². The predicted octanol–water partition coefficient (Wildman–Crippen LogP) is 1.92. The molecular weight excluding hydrogens is 238 g/mol. The number of hydrogen-bond acceptors (Lipinski definition) is 4. The lowest BCUT2D eigenvalue weighted by molar-refractivity contribution is 0.703. The Morgan fingerprint density at radius 2 is 2.00 bits per heavy atom. The van der Waals surface area contributed by atoms with Crippen LogP contribution in [0.1, 0.15) is 5.56 Å². The van der Waals surface area contributed by atoms with Gasteiger partial charge in [0, 0.05) is 18.6 Å². The summed E-state index contributed by atoms with van der Waals surface area (Å²) in [6, 6.07) is 3.88. The summed E-state index contributed by atoms with van der Waals surface area (Å²) in [6.07, 6.45) is 6.90. The Bertz CT molecular complexity index is 649. The molecule has 0 fully saturated rings. The summed E-state index contributed by atoms with van der Waals surface area (Å²) in [6.45, 7) is 0.638. The van der Waals surface area contributed by atoms with E-state index in [2.05, 4.69) is 20.1 Å². The second-order valence-corrected chi connectivity index (χ2v) is 3.91. The van der Waals surface area contributed by atoms with E-state index in [0.29, 0.717) is 6.54 Å². The molecule has 3 rings (SSSR count). The molecule has 0 saturated heterocycles. The molecule has 0 aliphatic heterocycles. The number of halogens is 1. The van der Waals surface area contributed by atoms with Crippen LogP contribution in [-0.4, -0.2) is 24.7 Å². The fraction of sp³-hybridized carbons (Fsp3) is 0.0909. The average Bonchev–Trinajstić information content (AvgIpc) is 2.73. The van der Waals surface area contributed by atoms with Crippen molar-refractivity contribution < 1.29 is 0 Å². The maximum absolute atomic E-state index is 5.78. The molecule has 0 bridgehead atoms. The van der Waals surface area contributed by atoms with Gasteiger partial charge in [0.15, 0.2) is 5.65 Å². The van der Waals surface area contributed by atoms with Crippen molar-refractivity contribution in [1.82, 2.24) is 24.7 Å². The molecule has 0 aromatic carbocycles. The molecule has 5 nitrogen and oxygen atoms in total. The van der Waals surface area contributed by atoms with Gasteiger partial charge in [-0.25, -0.2) is 9.67 Å². The van der Waals surface area contributed by atoms with E-state index in [9.17, 15) is 0 Å². The molecular formula is C11H8ClN5. The van der Waals surface area contributed by atoms with Crippen LogP contribution in [0.4, 0.5) is 0 Å². The first-order valence-corrected chi connectivity index (χ1v) is 5.44. The van der Waals surface area contributed by atoms with Crippen LogP contribution >= 0.6 is 11.6 Å². The zero-order chi connectivity index (χ0) is 11.7. The standard InChI is InChI=1S/C11H8ClN5/c12-11-14-5-9-6-15-17(10(9)16-11)7-8-1-3-13-4-2-8/h1-6H,7H2. The second-order valence-electron chi connectivity index (χ2n) is 3.58. The number of hydrogen-bond donors (Lipinski definition) is 0. The molecule has 0 aliphatic carbocycles. The first-order chi connectivity index (χ1) is 8.33. The minimum Gasteiger partial charge on any atom is -0.265 e. The molecule has 0 amide bonds. The first kappa shape index (κ1) is 10.2. The molecule has 0 aliphatic rings. The predicted molar refractivity (Wildman–Crippen MR) is 63.7 cm³/mol. The lowest BCUT2D eigenvalue weighted by Crippen LogP contribution is -2.02. The van der Waals surface area contributed by atoms with Crippen molar-refractivity contribution in [3.8, 4) is 0 Å². The van der Waals surface area contributed by atoms with Crippen LogP contribution in [-0.2, 0) is 6.54 Å². The number of rotatable bonds is 2. The van der Waals surface area contributed by atoms with E-state index >= 15 is 0 Å². The highest BCUT2D eigenvalue weighted by molar-refractivity contribution is 6.28. The molecule has 0 radical (unpaired) electrons. The number of aromatic nitrogens is 5. The van der Waals surface area contributed by atoms with Crippen molar-refractivity contribution in [1.29, 1.82) is 0 Å². The molecule has 3 aromatic rings. The Morgan fingerprint density at radius 3 is 2.82 bits per heavy atom. The molecule has 0 spiro atoms. The van der Waals surface area contributed by atoms with E-state index in [1.54, 1.807) is 29.5 Å². The third kappa shape index (κ3) is 1.97. The Labute approximate surface area is 102 Å². The van der Waals surface area contributed by atoms with Crippen LogP contribution in [0, 0.1) is 0 Å². The van der Waals surface area contributed by atoms with Crippen molar-refractivity contribution in [2.24, 2.45) is 0 Å². The van der Waals surface area contributed by atoms with Gasteiger partial charge in [-0.15, -0.1) is 0 Å². The number of nitrogens with zero attached hydrogens (tertiary/aromatic N) is 5. The topological polar surface area (TPSA) is 56.5 Å². The van der Waals surface area contributed by atoms with Crippen LogP contribution in [0.5, 0.6) is 0 Å². The fourth-order valence-electron chi connectivity index (χ4n) is 1.62. The quantitative estimate of drug-likeness (QED) is 0.648. The second kappa shape index (κ2) is 4.10. The van der Waals surface area contributed by atoms with Gasteiger partial charge < -0.3 is 0 Å². The summed E-state index contributed by atoms with van der Waals surface area (Å²) in [5, 5.41) is 5.38. The monoisotopic (exact) mass is 245 g/mol. The number of pyridine rings is 1. The van der Waals surface area contributed by atoms with Gasteiger partial charge >= 0.3 is 0 Å². The normalized spacial score (nSPS) is 10.9. The van der Waals surface area contributed by atoms with Gasteiger partial charge in [0.25, 0.3) is 0 Å². The van der Waals surface area contributed by atoms with Crippen molar-refractivity contribution in [2.45, 2.75) is 6.54 Å². The van der Waals surface area contributed by atoms with Crippen LogP contribution in [0.2, 0.25) is 5.28 Å². The molecule has 0 unspecified atom stereocenters. The molecule has 0 atom stereocenters. The highest BCUT2D eigenvalue weighted by atomic mass is 35.5. The Hall–Kier alpha value is -2.01. The van der Waals surface area contributed by atoms with Crippen LogP contribution < -0.4 is 0 Å². The van der Waals surface area contributed by atoms with E-state index in [-0.39, 0.29) is 5.28 Å². The highest BCUT2D eigenvalue weighted by Crippen LogP contribution is 2.13. The van der Waals surface area contributed by atoms with Crippen LogP contribution in [0.3, 0.4) is 0 Å². The summed E-state index contributed by atoms with van der Waals surface area (Å²) in [4.78, 5) is 12.1. The summed E-state index contributed by atoms with van der Waals surface area (Å²) in [7, 11) is 0. The maximum atomic E-state index is 5.78. The zero-order valence-corrected chi connectivity index (χ0v) is 9.54. The molecule has 3 aromatic heterocycles. The van der Waals surface area contributed by atoms with E-state index < -0.39 is 0 Å². The summed E-state index contributed by atoms with van der Waals surface area (Å²) in [5.74, 6) is 0. The van der Waals surface area contributed by atoms with E-state index in [1.807, 2.05) is 12.1 Å². The fourth-order valence-corrected chi connectivity index (χ4v) is 1.75. The summed E-state index contributed by atoms with van der Waals surface area (Å²) in [5.41, 5.74) is 1.85. The maximum Gasteiger partial charge on any atom is 0.224 e. The molecule has 84 valence electrons. The lowest BCUT2D eigenvalue weighted by Gasteiger charge is -2.02. The van der Waals surface area contributed by atoms with Gasteiger partial charge in [0.2, 0.25) is 5.28 Å². The van der Waals surface area contributed by atoms with E-state index in [0.717, 1.165) is 16.6 Å². The first-order valence-electron chi connectivity index (χ1n) is 5.06. The summed E-state index contributed by atoms with van der Waals surface area (Å²) >= 11 is 5.78. The minimum atomic E-state index is 0.231. The number of fused-ring (bicyclic) bond motifs is 1. The van der Waals surface area contributed by atoms with Crippen molar-refractivity contribution in [3.05, 3.63) is 47.8 Å². The largest absolute Gasteiger partial charge is 0.265 e. The van der Waals surface area contributed by atoms with Crippen molar-refractivity contribution in [3.63, 3.8) is 0 Å². The van der Waals surface area contributed by atoms with Crippen molar-refractivity contribution >= 4 is 22.6 Å². The molecule has 0 saturated carbocycles. The van der Waals surface area contributed by atoms with Crippen LogP contribution in [0.25, 0.3) is 11.0 Å². The smallest absolute Gasteiger partial charge is 0.224 e. The Balaban J connectivity index is 2.03. The Morgan fingerprint density at radius 1 is 1.18 bits per heavy atom. The summed E-state index contributed by atoms with van der Waals surface area (Å²) < 4.78 is 1.79.